The third-order valence-electron chi connectivity index (χ3n) is 3.93. The Balaban J connectivity index is 1.69. The number of amides is 3. The number of nitrogens with zero attached hydrogens (tertiary/aromatic N) is 3. The maximum absolute atomic E-state index is 12.4. The second kappa shape index (κ2) is 7.67. The van der Waals surface area contributed by atoms with Crippen LogP contribution in [0.2, 0.25) is 0 Å². The van der Waals surface area contributed by atoms with Gasteiger partial charge in [0.05, 0.1) is 23.0 Å². The number of carbonyl (C=O) groups is 3. The maximum atomic E-state index is 12.4. The average molecular weight is 377 g/mol. The molecule has 1 aromatic rings. The number of thioether (sulfide) groups is 1. The highest BCUT2D eigenvalue weighted by molar-refractivity contribution is 8.18. The summed E-state index contributed by atoms with van der Waals surface area (Å²) < 4.78 is 5.17. The summed E-state index contributed by atoms with van der Waals surface area (Å²) in [5.74, 6) is -0.841. The molecule has 0 unspecified atom stereocenters. The Morgan fingerprint density at radius 3 is 2.50 bits per heavy atom. The first-order valence-electron chi connectivity index (χ1n) is 7.81. The molecule has 0 radical (unpaired) electrons. The van der Waals surface area contributed by atoms with Gasteiger partial charge in [0.25, 0.3) is 16.8 Å². The van der Waals surface area contributed by atoms with E-state index in [1.54, 1.807) is 4.90 Å². The van der Waals surface area contributed by atoms with Crippen molar-refractivity contribution >= 4 is 40.6 Å². The summed E-state index contributed by atoms with van der Waals surface area (Å²) in [4.78, 5) is 49.6. The van der Waals surface area contributed by atoms with E-state index in [0.717, 1.165) is 16.7 Å². The molecule has 0 bridgehead atoms. The van der Waals surface area contributed by atoms with E-state index < -0.39 is 16.1 Å². The predicted molar refractivity (Wildman–Crippen MR) is 93.2 cm³/mol. The van der Waals surface area contributed by atoms with Crippen LogP contribution in [0.5, 0.6) is 0 Å². The van der Waals surface area contributed by atoms with E-state index in [2.05, 4.69) is 0 Å². The number of carbonyl (C=O) groups excluding carboxylic acids is 3. The lowest BCUT2D eigenvalue weighted by Crippen LogP contribution is -2.46. The number of ether oxygens (including phenoxy) is 1. The molecule has 10 heteroatoms. The fourth-order valence-corrected chi connectivity index (χ4v) is 3.37. The van der Waals surface area contributed by atoms with Crippen LogP contribution in [0.4, 0.5) is 10.5 Å². The van der Waals surface area contributed by atoms with E-state index in [-0.39, 0.29) is 23.0 Å². The molecule has 2 fully saturated rings. The molecule has 0 saturated carbocycles. The molecule has 26 heavy (non-hydrogen) atoms. The summed E-state index contributed by atoms with van der Waals surface area (Å²) in [7, 11) is 0. The van der Waals surface area contributed by atoms with Crippen molar-refractivity contribution in [1.82, 2.24) is 9.80 Å². The van der Waals surface area contributed by atoms with Gasteiger partial charge in [0.15, 0.2) is 0 Å². The van der Waals surface area contributed by atoms with Crippen molar-refractivity contribution in [2.45, 2.75) is 0 Å². The van der Waals surface area contributed by atoms with Gasteiger partial charge in [-0.2, -0.15) is 0 Å². The van der Waals surface area contributed by atoms with Gasteiger partial charge in [0, 0.05) is 25.2 Å². The first kappa shape index (κ1) is 18.1. The van der Waals surface area contributed by atoms with E-state index >= 15 is 0 Å². The lowest BCUT2D eigenvalue weighted by molar-refractivity contribution is -0.384. The van der Waals surface area contributed by atoms with Crippen LogP contribution in [0.3, 0.4) is 0 Å². The molecule has 0 aliphatic carbocycles. The van der Waals surface area contributed by atoms with E-state index in [0.29, 0.717) is 31.9 Å². The molecule has 3 rings (SSSR count). The summed E-state index contributed by atoms with van der Waals surface area (Å²) in [6.45, 7) is 1.45. The van der Waals surface area contributed by atoms with Gasteiger partial charge >= 0.3 is 0 Å². The lowest BCUT2D eigenvalue weighted by Gasteiger charge is -2.28. The number of imide groups is 1. The van der Waals surface area contributed by atoms with Gasteiger partial charge in [-0.25, -0.2) is 0 Å². The molecule has 0 spiro atoms. The maximum Gasteiger partial charge on any atom is 0.294 e. The third kappa shape index (κ3) is 3.92. The smallest absolute Gasteiger partial charge is 0.294 e. The van der Waals surface area contributed by atoms with Gasteiger partial charge in [-0.05, 0) is 35.5 Å². The number of nitro groups is 1. The number of non-ortho nitro benzene ring substituents is 1. The molecule has 9 nitrogen and oxygen atoms in total. The van der Waals surface area contributed by atoms with Crippen LogP contribution in [-0.4, -0.2) is 64.6 Å². The second-order valence-electron chi connectivity index (χ2n) is 5.61. The van der Waals surface area contributed by atoms with Crippen LogP contribution < -0.4 is 0 Å². The van der Waals surface area contributed by atoms with Gasteiger partial charge in [-0.15, -0.1) is 0 Å². The van der Waals surface area contributed by atoms with Gasteiger partial charge in [-0.3, -0.25) is 29.4 Å². The Morgan fingerprint density at radius 2 is 1.88 bits per heavy atom. The van der Waals surface area contributed by atoms with Gasteiger partial charge in [-0.1, -0.05) is 0 Å². The van der Waals surface area contributed by atoms with Gasteiger partial charge in [0.2, 0.25) is 5.91 Å². The van der Waals surface area contributed by atoms with Crippen LogP contribution in [-0.2, 0) is 14.3 Å². The van der Waals surface area contributed by atoms with Crippen LogP contribution in [0.1, 0.15) is 5.56 Å². The molecule has 2 heterocycles. The standard InChI is InChI=1S/C16H15N3O6S/c20-14(17-5-7-25-8-6-17)10-18-15(21)13(26-16(18)22)9-11-1-3-12(4-2-11)19(23)24/h1-4,9H,5-8,10H2/b13-9-. The highest BCUT2D eigenvalue weighted by Gasteiger charge is 2.37. The van der Waals surface area contributed by atoms with Gasteiger partial charge < -0.3 is 9.64 Å². The topological polar surface area (TPSA) is 110 Å². The monoisotopic (exact) mass is 377 g/mol. The summed E-state index contributed by atoms with van der Waals surface area (Å²) in [6.07, 6.45) is 1.48. The number of nitro benzene ring substituents is 1. The molecule has 3 amide bonds. The van der Waals surface area contributed by atoms with Crippen LogP contribution in [0.15, 0.2) is 29.2 Å². The van der Waals surface area contributed by atoms with Crippen molar-refractivity contribution in [1.29, 1.82) is 0 Å². The highest BCUT2D eigenvalue weighted by Crippen LogP contribution is 2.32. The third-order valence-corrected chi connectivity index (χ3v) is 4.84. The minimum atomic E-state index is -0.542. The fourth-order valence-electron chi connectivity index (χ4n) is 2.53. The van der Waals surface area contributed by atoms with Crippen LogP contribution in [0, 0.1) is 10.1 Å². The summed E-state index contributed by atoms with van der Waals surface area (Å²) >= 11 is 0.745. The number of morpholine rings is 1. The number of rotatable bonds is 4. The normalized spacial score (nSPS) is 19.3. The zero-order chi connectivity index (χ0) is 18.7. The molecule has 0 atom stereocenters. The molecule has 0 aromatic heterocycles. The van der Waals surface area contributed by atoms with Crippen molar-refractivity contribution in [3.63, 3.8) is 0 Å². The lowest BCUT2D eigenvalue weighted by atomic mass is 10.2. The molecule has 2 aliphatic rings. The van der Waals surface area contributed by atoms with E-state index in [1.165, 1.54) is 30.3 Å². The molecular formula is C16H15N3O6S. The van der Waals surface area contributed by atoms with Crippen molar-refractivity contribution < 1.29 is 24.0 Å². The Labute approximate surface area is 152 Å². The largest absolute Gasteiger partial charge is 0.378 e. The minimum absolute atomic E-state index is 0.0636. The van der Waals surface area contributed by atoms with E-state index in [9.17, 15) is 24.5 Å². The minimum Gasteiger partial charge on any atom is -0.378 e. The zero-order valence-corrected chi connectivity index (χ0v) is 14.4. The predicted octanol–water partition coefficient (Wildman–Crippen LogP) is 1.49. The Morgan fingerprint density at radius 1 is 1.23 bits per heavy atom. The quantitative estimate of drug-likeness (QED) is 0.444. The first-order chi connectivity index (χ1) is 12.5. The van der Waals surface area contributed by atoms with Crippen LogP contribution >= 0.6 is 11.8 Å². The molecular weight excluding hydrogens is 362 g/mol. The second-order valence-corrected chi connectivity index (χ2v) is 6.60. The summed E-state index contributed by atoms with van der Waals surface area (Å²) in [6, 6.07) is 5.62. The Bertz CT molecular complexity index is 786. The van der Waals surface area contributed by atoms with Crippen molar-refractivity contribution in [2.24, 2.45) is 0 Å². The van der Waals surface area contributed by atoms with Crippen molar-refractivity contribution in [3.8, 4) is 0 Å². The molecule has 0 N–H and O–H groups in total. The summed E-state index contributed by atoms with van der Waals surface area (Å²) in [5, 5.41) is 10.2. The summed E-state index contributed by atoms with van der Waals surface area (Å²) in [5.41, 5.74) is 0.493. The van der Waals surface area contributed by atoms with Gasteiger partial charge in [0.1, 0.15) is 6.54 Å². The molecule has 136 valence electrons. The van der Waals surface area contributed by atoms with Crippen molar-refractivity contribution in [2.75, 3.05) is 32.8 Å². The average Bonchev–Trinajstić information content (AvgIpc) is 2.90. The first-order valence-corrected chi connectivity index (χ1v) is 8.62. The van der Waals surface area contributed by atoms with E-state index in [4.69, 9.17) is 4.74 Å². The number of hydrogen-bond acceptors (Lipinski definition) is 7. The Hall–Kier alpha value is -2.72. The number of benzene rings is 1. The molecule has 2 aliphatic heterocycles. The van der Waals surface area contributed by atoms with E-state index in [1.807, 2.05) is 0 Å². The highest BCUT2D eigenvalue weighted by atomic mass is 32.2. The van der Waals surface area contributed by atoms with Crippen molar-refractivity contribution in [3.05, 3.63) is 44.8 Å². The Kier molecular flexibility index (Phi) is 5.33. The number of hydrogen-bond donors (Lipinski definition) is 0. The molecule has 1 aromatic carbocycles. The zero-order valence-electron chi connectivity index (χ0n) is 13.6. The molecule has 2 saturated heterocycles. The van der Waals surface area contributed by atoms with Crippen LogP contribution in [0.25, 0.3) is 6.08 Å². The fraction of sp³-hybridized carbons (Fsp3) is 0.312. The SMILES string of the molecule is O=C(CN1C(=O)S/C(=C\c2ccc([N+](=O)[O-])cc2)C1=O)N1CCOCC1.